The number of hydrogen-bond donors (Lipinski definition) is 2. The number of carboxylic acid groups (broad SMARTS) is 1. The minimum Gasteiger partial charge on any atom is -0.480 e. The molecule has 32 heavy (non-hydrogen) atoms. The van der Waals surface area contributed by atoms with E-state index in [1.54, 1.807) is 27.7 Å². The van der Waals surface area contributed by atoms with Crippen LogP contribution < -0.4 is 5.32 Å². The molecule has 7 heteroatoms. The molecule has 1 aliphatic carbocycles. The second-order valence-electron chi connectivity index (χ2n) is 9.12. The first-order chi connectivity index (χ1) is 15.1. The van der Waals surface area contributed by atoms with E-state index in [4.69, 9.17) is 9.84 Å². The highest BCUT2D eigenvalue weighted by Gasteiger charge is 2.31. The van der Waals surface area contributed by atoms with Crippen molar-refractivity contribution < 1.29 is 24.2 Å². The van der Waals surface area contributed by atoms with E-state index in [0.29, 0.717) is 0 Å². The van der Waals surface area contributed by atoms with Crippen molar-refractivity contribution in [2.75, 3.05) is 13.2 Å². The Morgan fingerprint density at radius 2 is 1.56 bits per heavy atom. The molecule has 7 nitrogen and oxygen atoms in total. The van der Waals surface area contributed by atoms with Gasteiger partial charge in [-0.25, -0.2) is 4.79 Å². The Balaban J connectivity index is 1.58. The predicted octanol–water partition coefficient (Wildman–Crippen LogP) is 4.02. The van der Waals surface area contributed by atoms with E-state index in [0.717, 1.165) is 22.3 Å². The summed E-state index contributed by atoms with van der Waals surface area (Å²) in [5, 5.41) is 11.8. The predicted molar refractivity (Wildman–Crippen MR) is 121 cm³/mol. The Morgan fingerprint density at radius 3 is 2.06 bits per heavy atom. The largest absolute Gasteiger partial charge is 0.480 e. The van der Waals surface area contributed by atoms with Crippen LogP contribution in [0.25, 0.3) is 11.1 Å². The zero-order valence-electron chi connectivity index (χ0n) is 18.9. The van der Waals surface area contributed by atoms with E-state index >= 15 is 0 Å². The summed E-state index contributed by atoms with van der Waals surface area (Å²) >= 11 is 0. The number of hydrogen-bond acceptors (Lipinski definition) is 4. The minimum atomic E-state index is -1.08. The van der Waals surface area contributed by atoms with Crippen molar-refractivity contribution in [1.29, 1.82) is 0 Å². The summed E-state index contributed by atoms with van der Waals surface area (Å²) in [5.41, 5.74) is 3.91. The molecule has 0 saturated heterocycles. The number of amides is 2. The number of rotatable bonds is 7. The van der Waals surface area contributed by atoms with Crippen LogP contribution in [0.3, 0.4) is 0 Å². The highest BCUT2D eigenvalue weighted by molar-refractivity contribution is 5.83. The number of carboxylic acids is 1. The fourth-order valence-corrected chi connectivity index (χ4v) is 4.10. The number of nitrogens with one attached hydrogen (secondary N) is 1. The van der Waals surface area contributed by atoms with Crippen LogP contribution in [0.4, 0.5) is 4.79 Å². The van der Waals surface area contributed by atoms with E-state index in [1.807, 2.05) is 36.4 Å². The molecule has 0 unspecified atom stereocenters. The van der Waals surface area contributed by atoms with E-state index in [1.165, 1.54) is 4.90 Å². The summed E-state index contributed by atoms with van der Waals surface area (Å²) in [4.78, 5) is 37.5. The summed E-state index contributed by atoms with van der Waals surface area (Å²) in [6, 6.07) is 15.7. The maximum atomic E-state index is 12.6. The van der Waals surface area contributed by atoms with Gasteiger partial charge in [0.15, 0.2) is 0 Å². The molecule has 0 aliphatic heterocycles. The van der Waals surface area contributed by atoms with Crippen molar-refractivity contribution >= 4 is 18.0 Å². The Labute approximate surface area is 188 Å². The fourth-order valence-electron chi connectivity index (χ4n) is 4.10. The van der Waals surface area contributed by atoms with Crippen molar-refractivity contribution in [2.24, 2.45) is 0 Å². The average Bonchev–Trinajstić information content (AvgIpc) is 3.03. The number of fused-ring (bicyclic) bond motifs is 3. The summed E-state index contributed by atoms with van der Waals surface area (Å²) in [6.07, 6.45) is -0.623. The minimum absolute atomic E-state index is 0.0191. The van der Waals surface area contributed by atoms with E-state index in [-0.39, 0.29) is 31.4 Å². The number of carbonyl (C=O) groups excluding carboxylic acids is 2. The molecule has 0 aromatic heterocycles. The van der Waals surface area contributed by atoms with Gasteiger partial charge in [0.1, 0.15) is 13.2 Å². The third kappa shape index (κ3) is 5.28. The molecule has 0 radical (unpaired) electrons. The van der Waals surface area contributed by atoms with Gasteiger partial charge in [-0.3, -0.25) is 9.59 Å². The van der Waals surface area contributed by atoms with Crippen molar-refractivity contribution in [1.82, 2.24) is 10.2 Å². The summed E-state index contributed by atoms with van der Waals surface area (Å²) in [7, 11) is 0. The third-order valence-electron chi connectivity index (χ3n) is 5.59. The lowest BCUT2D eigenvalue weighted by molar-refractivity contribution is -0.148. The Morgan fingerprint density at radius 1 is 1.03 bits per heavy atom. The molecule has 0 saturated carbocycles. The quantitative estimate of drug-likeness (QED) is 0.681. The summed E-state index contributed by atoms with van der Waals surface area (Å²) < 4.78 is 5.52. The first kappa shape index (κ1) is 23.3. The second kappa shape index (κ2) is 9.42. The maximum Gasteiger partial charge on any atom is 0.407 e. The lowest BCUT2D eigenvalue weighted by atomic mass is 9.98. The Hall–Kier alpha value is -3.35. The maximum absolute atomic E-state index is 12.6. The molecule has 1 aliphatic rings. The van der Waals surface area contributed by atoms with Crippen LogP contribution in [-0.4, -0.2) is 52.7 Å². The van der Waals surface area contributed by atoms with Gasteiger partial charge in [0.05, 0.1) is 0 Å². The molecule has 2 aromatic rings. The molecule has 0 fully saturated rings. The van der Waals surface area contributed by atoms with Gasteiger partial charge in [-0.2, -0.15) is 0 Å². The molecule has 0 spiro atoms. The van der Waals surface area contributed by atoms with E-state index in [2.05, 4.69) is 17.4 Å². The molecule has 3 rings (SSSR count). The molecular formula is C25H30N2O5. The molecule has 0 bridgehead atoms. The number of alkyl carbamates (subject to hydrolysis) is 1. The first-order valence-electron chi connectivity index (χ1n) is 10.7. The number of nitrogens with zero attached hydrogens (tertiary/aromatic N) is 1. The van der Waals surface area contributed by atoms with Gasteiger partial charge in [0, 0.05) is 23.9 Å². The summed E-state index contributed by atoms with van der Waals surface area (Å²) in [6.45, 7) is 6.82. The molecule has 170 valence electrons. The number of aliphatic carboxylic acids is 1. The first-order valence-corrected chi connectivity index (χ1v) is 10.7. The van der Waals surface area contributed by atoms with Gasteiger partial charge in [-0.15, -0.1) is 0 Å². The van der Waals surface area contributed by atoms with Gasteiger partial charge in [-0.05, 0) is 49.9 Å². The van der Waals surface area contributed by atoms with Gasteiger partial charge in [0.2, 0.25) is 5.91 Å². The van der Waals surface area contributed by atoms with E-state index in [9.17, 15) is 14.4 Å². The number of carbonyl (C=O) groups is 3. The van der Waals surface area contributed by atoms with Crippen molar-refractivity contribution in [2.45, 2.75) is 51.6 Å². The lowest BCUT2D eigenvalue weighted by Gasteiger charge is -2.35. The van der Waals surface area contributed by atoms with E-state index < -0.39 is 23.6 Å². The van der Waals surface area contributed by atoms with Crippen LogP contribution >= 0.6 is 0 Å². The zero-order chi connectivity index (χ0) is 23.5. The van der Waals surface area contributed by atoms with Gasteiger partial charge >= 0.3 is 12.1 Å². The van der Waals surface area contributed by atoms with Crippen LogP contribution in [0, 0.1) is 0 Å². The second-order valence-corrected chi connectivity index (χ2v) is 9.12. The zero-order valence-corrected chi connectivity index (χ0v) is 18.9. The molecule has 0 heterocycles. The Kier molecular flexibility index (Phi) is 6.87. The van der Waals surface area contributed by atoms with Crippen LogP contribution in [-0.2, 0) is 14.3 Å². The fraction of sp³-hybridized carbons (Fsp3) is 0.400. The normalized spacial score (nSPS) is 13.6. The SMILES string of the molecule is C[C@@H](CC(=O)N(CC(=O)O)C(C)(C)C)NC(=O)OCC1c2ccccc2-c2ccccc21. The van der Waals surface area contributed by atoms with Crippen molar-refractivity contribution in [3.63, 3.8) is 0 Å². The van der Waals surface area contributed by atoms with Crippen molar-refractivity contribution in [3.05, 3.63) is 59.7 Å². The lowest BCUT2D eigenvalue weighted by Crippen LogP contribution is -2.50. The molecular weight excluding hydrogens is 408 g/mol. The topological polar surface area (TPSA) is 95.9 Å². The molecule has 1 atom stereocenters. The molecule has 2 amide bonds. The third-order valence-corrected chi connectivity index (χ3v) is 5.59. The smallest absolute Gasteiger partial charge is 0.407 e. The monoisotopic (exact) mass is 438 g/mol. The van der Waals surface area contributed by atoms with Gasteiger partial charge in [0.25, 0.3) is 0 Å². The Bertz CT molecular complexity index is 966. The van der Waals surface area contributed by atoms with Crippen LogP contribution in [0.15, 0.2) is 48.5 Å². The highest BCUT2D eigenvalue weighted by Crippen LogP contribution is 2.44. The number of ether oxygens (including phenoxy) is 1. The van der Waals surface area contributed by atoms with Crippen molar-refractivity contribution in [3.8, 4) is 11.1 Å². The van der Waals surface area contributed by atoms with Gasteiger partial charge < -0.3 is 20.1 Å². The van der Waals surface area contributed by atoms with Gasteiger partial charge in [-0.1, -0.05) is 48.5 Å². The standard InChI is InChI=1S/C25H30N2O5/c1-16(13-22(28)27(14-23(29)30)25(2,3)4)26-24(31)32-15-21-19-11-7-5-9-17(19)18-10-6-8-12-20(18)21/h5-12,16,21H,13-15H2,1-4H3,(H,26,31)(H,29,30)/t16-/m0/s1. The van der Waals surface area contributed by atoms with Crippen LogP contribution in [0.1, 0.15) is 51.2 Å². The average molecular weight is 439 g/mol. The van der Waals surface area contributed by atoms with Crippen LogP contribution in [0.2, 0.25) is 0 Å². The molecule has 2 N–H and O–H groups in total. The molecule has 2 aromatic carbocycles. The summed E-state index contributed by atoms with van der Waals surface area (Å²) in [5.74, 6) is -1.46. The number of benzene rings is 2. The highest BCUT2D eigenvalue weighted by atomic mass is 16.5. The van der Waals surface area contributed by atoms with Crippen LogP contribution in [0.5, 0.6) is 0 Å².